The van der Waals surface area contributed by atoms with Gasteiger partial charge >= 0.3 is 29.6 Å². The second-order valence-corrected chi connectivity index (χ2v) is 8.03. The van der Waals surface area contributed by atoms with Crippen LogP contribution in [0.15, 0.2) is 42.5 Å². The van der Waals surface area contributed by atoms with E-state index in [0.29, 0.717) is 17.9 Å². The predicted molar refractivity (Wildman–Crippen MR) is 123 cm³/mol. The molecule has 0 unspecified atom stereocenters. The minimum atomic E-state index is -4.42. The van der Waals surface area contributed by atoms with Crippen LogP contribution in [0.4, 0.5) is 5.69 Å². The number of hydrogen-bond donors (Lipinski definition) is 3. The summed E-state index contributed by atoms with van der Waals surface area (Å²) in [6.07, 6.45) is 0.502. The second-order valence-electron chi connectivity index (χ2n) is 6.61. The molecule has 0 aliphatic rings. The molecule has 0 saturated heterocycles. The van der Waals surface area contributed by atoms with Gasteiger partial charge in [0.1, 0.15) is 5.88 Å². The maximum Gasteiger partial charge on any atom is 1.00 e. The van der Waals surface area contributed by atoms with Gasteiger partial charge in [0.2, 0.25) is 11.8 Å². The SMILES string of the molecule is COc1ccc(CCNC(=O)CN(CS(=O)(=O)O)c2cccc(C(N)=O)c2)cc1OC.O.O.[H-].[Na+]. The van der Waals surface area contributed by atoms with E-state index in [1.807, 2.05) is 6.07 Å². The average molecular weight is 512 g/mol. The van der Waals surface area contributed by atoms with Gasteiger partial charge in [0.05, 0.1) is 20.8 Å². The van der Waals surface area contributed by atoms with Crippen LogP contribution in [-0.4, -0.2) is 68.9 Å². The van der Waals surface area contributed by atoms with E-state index in [-0.39, 0.29) is 66.3 Å². The quantitative estimate of drug-likeness (QED) is 0.201. The van der Waals surface area contributed by atoms with Gasteiger partial charge in [-0.15, -0.1) is 0 Å². The van der Waals surface area contributed by atoms with Crippen LogP contribution in [0.3, 0.4) is 0 Å². The van der Waals surface area contributed by atoms with Crippen LogP contribution in [0.1, 0.15) is 17.3 Å². The molecule has 12 nitrogen and oxygen atoms in total. The number of rotatable bonds is 11. The van der Waals surface area contributed by atoms with E-state index in [0.717, 1.165) is 10.5 Å². The molecule has 0 saturated carbocycles. The largest absolute Gasteiger partial charge is 1.00 e. The number of primary amides is 1. The maximum atomic E-state index is 12.4. The summed E-state index contributed by atoms with van der Waals surface area (Å²) in [5, 5.41) is 2.70. The number of methoxy groups -OCH3 is 2. The number of ether oxygens (including phenoxy) is 2. The van der Waals surface area contributed by atoms with Crippen LogP contribution >= 0.6 is 0 Å². The van der Waals surface area contributed by atoms with Crippen molar-refractivity contribution >= 4 is 27.6 Å². The van der Waals surface area contributed by atoms with Gasteiger partial charge in [0.15, 0.2) is 11.5 Å². The van der Waals surface area contributed by atoms with E-state index in [1.165, 1.54) is 38.5 Å². The van der Waals surface area contributed by atoms with E-state index in [9.17, 15) is 22.6 Å². The van der Waals surface area contributed by atoms with Gasteiger partial charge in [-0.1, -0.05) is 12.1 Å². The Labute approximate surface area is 221 Å². The zero-order valence-corrected chi connectivity index (χ0v) is 22.0. The molecule has 0 heterocycles. The summed E-state index contributed by atoms with van der Waals surface area (Å²) in [6.45, 7) is -0.0662. The fraction of sp³-hybridized carbons (Fsp3) is 0.300. The van der Waals surface area contributed by atoms with Gasteiger partial charge < -0.3 is 37.8 Å². The monoisotopic (exact) mass is 511 g/mol. The summed E-state index contributed by atoms with van der Waals surface area (Å²) in [6, 6.07) is 11.2. The summed E-state index contributed by atoms with van der Waals surface area (Å²) in [4.78, 5) is 24.9. The first-order valence-electron chi connectivity index (χ1n) is 9.20. The van der Waals surface area contributed by atoms with Crippen molar-refractivity contribution in [2.24, 2.45) is 5.73 Å². The van der Waals surface area contributed by atoms with Crippen molar-refractivity contribution in [1.82, 2.24) is 5.32 Å². The van der Waals surface area contributed by atoms with Crippen molar-refractivity contribution < 1.29 is 74.0 Å². The van der Waals surface area contributed by atoms with E-state index >= 15 is 0 Å². The fourth-order valence-corrected chi connectivity index (χ4v) is 3.51. The van der Waals surface area contributed by atoms with Crippen LogP contribution < -0.4 is 55.0 Å². The standard InChI is InChI=1S/C20H25N3O7S.Na.2H2O.H/c1-29-17-7-6-14(10-18(17)30-2)8-9-22-19(24)12-23(13-31(26,27)28)16-5-3-4-15(11-16)20(21)25;;;;/h3-7,10-11H,8-9,12-13H2,1-2H3,(H2,21,25)(H,22,24)(H,26,27,28);;2*1H2;/q;+1;;;-1. The van der Waals surface area contributed by atoms with Crippen molar-refractivity contribution in [2.45, 2.75) is 6.42 Å². The minimum Gasteiger partial charge on any atom is -1.00 e. The van der Waals surface area contributed by atoms with Crippen molar-refractivity contribution in [1.29, 1.82) is 0 Å². The van der Waals surface area contributed by atoms with Crippen molar-refractivity contribution in [3.05, 3.63) is 53.6 Å². The number of amides is 2. The first kappa shape index (κ1) is 33.8. The van der Waals surface area contributed by atoms with Crippen LogP contribution in [-0.2, 0) is 21.3 Å². The summed E-state index contributed by atoms with van der Waals surface area (Å²) < 4.78 is 42.5. The molecule has 0 aliphatic heterocycles. The summed E-state index contributed by atoms with van der Waals surface area (Å²) >= 11 is 0. The molecule has 2 amide bonds. The number of nitrogens with two attached hydrogens (primary N) is 1. The van der Waals surface area contributed by atoms with E-state index in [1.54, 1.807) is 12.1 Å². The summed E-state index contributed by atoms with van der Waals surface area (Å²) in [5.41, 5.74) is 6.55. The Kier molecular flexibility index (Phi) is 15.4. The molecule has 0 atom stereocenters. The van der Waals surface area contributed by atoms with E-state index in [2.05, 4.69) is 5.32 Å². The molecule has 0 fully saturated rings. The number of carbonyl (C=O) groups is 2. The molecule has 8 N–H and O–H groups in total. The van der Waals surface area contributed by atoms with Crippen molar-refractivity contribution in [3.8, 4) is 11.5 Å². The van der Waals surface area contributed by atoms with Gasteiger partial charge in [0.25, 0.3) is 10.1 Å². The Morgan fingerprint density at radius 2 is 1.74 bits per heavy atom. The molecule has 0 bridgehead atoms. The number of nitrogens with one attached hydrogen (secondary N) is 1. The van der Waals surface area contributed by atoms with Gasteiger partial charge in [-0.3, -0.25) is 14.1 Å². The van der Waals surface area contributed by atoms with Crippen molar-refractivity contribution in [2.75, 3.05) is 38.1 Å². The van der Waals surface area contributed by atoms with Crippen LogP contribution in [0.25, 0.3) is 0 Å². The summed E-state index contributed by atoms with van der Waals surface area (Å²) in [7, 11) is -1.36. The molecule has 34 heavy (non-hydrogen) atoms. The molecule has 0 spiro atoms. The van der Waals surface area contributed by atoms with E-state index < -0.39 is 27.8 Å². The average Bonchev–Trinajstić information content (AvgIpc) is 2.72. The van der Waals surface area contributed by atoms with Gasteiger partial charge in [0, 0.05) is 17.8 Å². The normalized spacial score (nSPS) is 9.97. The Morgan fingerprint density at radius 3 is 2.29 bits per heavy atom. The molecule has 0 aliphatic carbocycles. The van der Waals surface area contributed by atoms with E-state index in [4.69, 9.17) is 15.2 Å². The first-order chi connectivity index (χ1) is 14.6. The first-order valence-corrected chi connectivity index (χ1v) is 10.8. The molecule has 0 aromatic heterocycles. The minimum absolute atomic E-state index is 0. The third-order valence-corrected chi connectivity index (χ3v) is 4.97. The molecule has 2 rings (SSSR count). The van der Waals surface area contributed by atoms with Gasteiger partial charge in [-0.2, -0.15) is 8.42 Å². The molecule has 14 heteroatoms. The predicted octanol–water partition coefficient (Wildman–Crippen LogP) is -3.72. The third kappa shape index (κ3) is 10.7. The fourth-order valence-electron chi connectivity index (χ4n) is 2.88. The number of anilines is 1. The molecule has 0 radical (unpaired) electrons. The topological polar surface area (TPSA) is 211 Å². The Morgan fingerprint density at radius 1 is 1.09 bits per heavy atom. The Balaban J connectivity index is -0.00000256. The maximum absolute atomic E-state index is 12.4. The molecule has 2 aromatic carbocycles. The number of hydrogen-bond acceptors (Lipinski definition) is 7. The zero-order valence-electron chi connectivity index (χ0n) is 20.2. The number of carbonyl (C=O) groups excluding carboxylic acids is 2. The summed E-state index contributed by atoms with van der Waals surface area (Å²) in [5.74, 6) is -0.825. The molecule has 186 valence electrons. The third-order valence-electron chi connectivity index (χ3n) is 4.33. The smallest absolute Gasteiger partial charge is 1.00 e. The molecular weight excluding hydrogens is 481 g/mol. The number of benzene rings is 2. The van der Waals surface area contributed by atoms with Crippen molar-refractivity contribution in [3.63, 3.8) is 0 Å². The van der Waals surface area contributed by atoms with Crippen LogP contribution in [0.2, 0.25) is 0 Å². The van der Waals surface area contributed by atoms with Crippen LogP contribution in [0, 0.1) is 0 Å². The molecule has 2 aromatic rings. The Hall–Kier alpha value is -2.39. The zero-order chi connectivity index (χ0) is 23.0. The molecular formula is C20H30N3NaO9S. The second kappa shape index (κ2) is 15.5. The van der Waals surface area contributed by atoms with Gasteiger partial charge in [-0.25, -0.2) is 0 Å². The van der Waals surface area contributed by atoms with Crippen LogP contribution in [0.5, 0.6) is 11.5 Å². The number of nitrogens with zero attached hydrogens (tertiary/aromatic N) is 1. The Bertz CT molecular complexity index is 1060. The van der Waals surface area contributed by atoms with Gasteiger partial charge in [-0.05, 0) is 42.3 Å².